The fraction of sp³-hybridized carbons (Fsp3) is 0.486. The molecule has 4 atom stereocenters. The van der Waals surface area contributed by atoms with Gasteiger partial charge in [0.05, 0.1) is 21.2 Å². The number of hydrogen-bond donors (Lipinski definition) is 2. The number of aromatic hydroxyl groups is 2. The smallest absolute Gasteiger partial charge is 0.272 e. The zero-order valence-electron chi connectivity index (χ0n) is 53.9. The highest BCUT2D eigenvalue weighted by molar-refractivity contribution is 7.89. The number of sulfonamides is 2. The first-order valence-electron chi connectivity index (χ1n) is 32.3. The molecule has 4 unspecified atom stereocenters. The minimum atomic E-state index is -4.07. The van der Waals surface area contributed by atoms with Gasteiger partial charge in [0.1, 0.15) is 23.3 Å². The van der Waals surface area contributed by atoms with Gasteiger partial charge in [-0.2, -0.15) is 29.4 Å². The lowest BCUT2D eigenvalue weighted by Crippen LogP contribution is -2.39. The molecule has 482 valence electrons. The van der Waals surface area contributed by atoms with Crippen molar-refractivity contribution in [1.82, 2.24) is 17.7 Å². The molecule has 0 saturated carbocycles. The molecule has 2 heterocycles. The summed E-state index contributed by atoms with van der Waals surface area (Å²) in [4.78, 5) is 29.1. The molecule has 0 radical (unpaired) electrons. The molecule has 2 N–H and O–H groups in total. The molecule has 4 aromatic carbocycles. The van der Waals surface area contributed by atoms with Gasteiger partial charge in [-0.3, -0.25) is 18.7 Å². The Labute approximate surface area is 533 Å². The normalized spacial score (nSPS) is 13.5. The van der Waals surface area contributed by atoms with Crippen molar-refractivity contribution >= 4 is 42.8 Å². The molecule has 0 amide bonds. The van der Waals surface area contributed by atoms with Crippen molar-refractivity contribution in [1.29, 1.82) is 10.5 Å². The van der Waals surface area contributed by atoms with Crippen LogP contribution in [0.25, 0.3) is 22.3 Å². The van der Waals surface area contributed by atoms with E-state index in [1.54, 1.807) is 93.5 Å². The van der Waals surface area contributed by atoms with Crippen molar-refractivity contribution in [3.05, 3.63) is 141 Å². The van der Waals surface area contributed by atoms with E-state index in [1.807, 2.05) is 12.1 Å². The second kappa shape index (κ2) is 35.1. The monoisotopic (exact) mass is 1260 g/mol. The third kappa shape index (κ3) is 18.1. The van der Waals surface area contributed by atoms with Gasteiger partial charge in [-0.15, -0.1) is 10.2 Å². The summed E-state index contributed by atoms with van der Waals surface area (Å²) in [5.41, 5.74) is -2.76. The van der Waals surface area contributed by atoms with E-state index in [-0.39, 0.29) is 67.3 Å². The molecule has 0 fully saturated rings. The summed E-state index contributed by atoms with van der Waals surface area (Å²) in [5.74, 6) is -0.911. The second-order valence-electron chi connectivity index (χ2n) is 23.4. The number of nitriles is 2. The van der Waals surface area contributed by atoms with Gasteiger partial charge in [-0.25, -0.2) is 16.8 Å². The number of nitrogens with zero attached hydrogens (tertiary/aromatic N) is 10. The summed E-state index contributed by atoms with van der Waals surface area (Å²) in [7, 11) is -8.14. The van der Waals surface area contributed by atoms with E-state index in [0.717, 1.165) is 112 Å². The summed E-state index contributed by atoms with van der Waals surface area (Å²) in [6, 6.07) is 32.7. The van der Waals surface area contributed by atoms with Gasteiger partial charge in [0.15, 0.2) is 11.4 Å². The van der Waals surface area contributed by atoms with Crippen LogP contribution in [-0.4, -0.2) is 71.0 Å². The second-order valence-corrected chi connectivity index (χ2v) is 27.3. The van der Waals surface area contributed by atoms with Crippen molar-refractivity contribution < 1.29 is 27.0 Å². The zero-order valence-corrected chi connectivity index (χ0v) is 55.5. The van der Waals surface area contributed by atoms with Crippen LogP contribution in [0.3, 0.4) is 0 Å². The number of hydrogen-bond acceptors (Lipinski definition) is 14. The maximum absolute atomic E-state index is 14.8. The quantitative estimate of drug-likeness (QED) is 0.0349. The van der Waals surface area contributed by atoms with Crippen LogP contribution in [-0.2, 0) is 33.1 Å². The first-order chi connectivity index (χ1) is 43.4. The molecule has 0 saturated heterocycles. The lowest BCUT2D eigenvalue weighted by Gasteiger charge is -2.30. The fourth-order valence-corrected chi connectivity index (χ4v) is 14.7. The van der Waals surface area contributed by atoms with Crippen LogP contribution in [0.1, 0.15) is 169 Å². The predicted octanol–water partition coefficient (Wildman–Crippen LogP) is 16.9. The standard InChI is InChI=1S/C70H92N10O8S2/c1-9-17-29-51(13-5)47-77(48-52(14-6)30-18-10-2)89(85,86)59-39-27-37-57(43-59)73-75-65-63(55-33-23-21-24-34-55)61(45-71)67(81)79(69(65)83)41-42-80-68(82)62(46-72)64(56-35-25-22-26-36-56)66(70(80)84)76-74-58-38-28-40-60(44-58)90(87,88)78(49-53(15-7)31-19-11-3)50-54(16-8)32-20-12-4/h21-28,33-40,43-44,51-54,83-84H,9-20,29-32,41-42,47-50H2,1-8H3/b75-73+,76-74+. The van der Waals surface area contributed by atoms with Gasteiger partial charge < -0.3 is 10.2 Å². The highest BCUT2D eigenvalue weighted by Crippen LogP contribution is 2.42. The molecule has 18 nitrogen and oxygen atoms in total. The number of benzene rings is 4. The van der Waals surface area contributed by atoms with Gasteiger partial charge in [-0.05, 0) is 96.9 Å². The SMILES string of the molecule is CCCCC(CC)CN(CC(CC)CCCC)S(=O)(=O)c1cccc(/N=N/c2c(-c3ccccc3)c(C#N)c(=O)n(CCn3c(O)c(/N=N/c4cccc(S(=O)(=O)N(CC(CC)CCCC)CC(CC)CCCC)c4)c(-c4ccccc4)c(C#N)c3=O)c2O)c1. The molecular weight excluding hydrogens is 1170 g/mol. The summed E-state index contributed by atoms with van der Waals surface area (Å²) in [6.45, 7) is 17.1. The molecule has 2 aromatic heterocycles. The van der Waals surface area contributed by atoms with Crippen LogP contribution in [0, 0.1) is 46.3 Å². The number of unbranched alkanes of at least 4 members (excludes halogenated alkanes) is 4. The van der Waals surface area contributed by atoms with E-state index < -0.39 is 67.1 Å². The van der Waals surface area contributed by atoms with Crippen molar-refractivity contribution in [3.8, 4) is 46.2 Å². The summed E-state index contributed by atoms with van der Waals surface area (Å²) >= 11 is 0. The topological polar surface area (TPSA) is 256 Å². The van der Waals surface area contributed by atoms with Crippen LogP contribution >= 0.6 is 0 Å². The Kier molecular flexibility index (Phi) is 27.9. The lowest BCUT2D eigenvalue weighted by atomic mass is 9.97. The minimum Gasteiger partial charge on any atom is -0.493 e. The predicted molar refractivity (Wildman–Crippen MR) is 357 cm³/mol. The highest BCUT2D eigenvalue weighted by atomic mass is 32.2. The van der Waals surface area contributed by atoms with Crippen molar-refractivity contribution in [2.24, 2.45) is 44.1 Å². The van der Waals surface area contributed by atoms with Crippen LogP contribution in [0.15, 0.2) is 149 Å². The van der Waals surface area contributed by atoms with Gasteiger partial charge in [-0.1, -0.05) is 205 Å². The van der Waals surface area contributed by atoms with E-state index >= 15 is 0 Å². The third-order valence-electron chi connectivity index (χ3n) is 17.2. The Bertz CT molecular complexity index is 3540. The van der Waals surface area contributed by atoms with Crippen molar-refractivity contribution in [3.63, 3.8) is 0 Å². The molecule has 0 bridgehead atoms. The summed E-state index contributed by atoms with van der Waals surface area (Å²) in [5, 5.41) is 63.9. The molecule has 0 aliphatic carbocycles. The summed E-state index contributed by atoms with van der Waals surface area (Å²) in [6.07, 6.45) is 14.8. The Morgan fingerprint density at radius 2 is 0.767 bits per heavy atom. The van der Waals surface area contributed by atoms with E-state index in [1.165, 1.54) is 24.3 Å². The molecule has 0 aliphatic heterocycles. The minimum absolute atomic E-state index is 0.00368. The number of pyridine rings is 2. The Morgan fingerprint density at radius 3 is 1.04 bits per heavy atom. The van der Waals surface area contributed by atoms with Gasteiger partial charge in [0, 0.05) is 50.4 Å². The Hall–Kier alpha value is -7.62. The highest BCUT2D eigenvalue weighted by Gasteiger charge is 2.32. The average molecular weight is 1270 g/mol. The van der Waals surface area contributed by atoms with E-state index in [4.69, 9.17) is 0 Å². The average Bonchev–Trinajstić information content (AvgIpc) is 0.975. The van der Waals surface area contributed by atoms with Gasteiger partial charge >= 0.3 is 0 Å². The van der Waals surface area contributed by atoms with E-state index in [9.17, 15) is 47.2 Å². The molecular formula is C70H92N10O8S2. The fourth-order valence-electron chi connectivity index (χ4n) is 11.5. The van der Waals surface area contributed by atoms with Crippen LogP contribution in [0.2, 0.25) is 0 Å². The molecule has 6 aromatic rings. The van der Waals surface area contributed by atoms with Crippen LogP contribution in [0.4, 0.5) is 22.7 Å². The first kappa shape index (κ1) is 71.5. The summed E-state index contributed by atoms with van der Waals surface area (Å²) < 4.78 is 64.0. The zero-order chi connectivity index (χ0) is 65.4. The van der Waals surface area contributed by atoms with Crippen LogP contribution in [0.5, 0.6) is 11.8 Å². The number of rotatable bonds is 37. The Balaban J connectivity index is 1.45. The third-order valence-corrected chi connectivity index (χ3v) is 20.8. The van der Waals surface area contributed by atoms with Crippen molar-refractivity contribution in [2.75, 3.05) is 26.2 Å². The number of aromatic nitrogens is 2. The maximum Gasteiger partial charge on any atom is 0.272 e. The molecule has 6 rings (SSSR count). The van der Waals surface area contributed by atoms with Gasteiger partial charge in [0.2, 0.25) is 31.8 Å². The van der Waals surface area contributed by atoms with Crippen molar-refractivity contribution in [2.45, 2.75) is 181 Å². The lowest BCUT2D eigenvalue weighted by molar-refractivity contribution is 0.270. The Morgan fingerprint density at radius 1 is 0.456 bits per heavy atom. The number of azo groups is 2. The largest absolute Gasteiger partial charge is 0.493 e. The maximum atomic E-state index is 14.8. The molecule has 90 heavy (non-hydrogen) atoms. The van der Waals surface area contributed by atoms with Gasteiger partial charge in [0.25, 0.3) is 11.1 Å². The van der Waals surface area contributed by atoms with E-state index in [2.05, 4.69) is 75.8 Å². The van der Waals surface area contributed by atoms with Crippen LogP contribution < -0.4 is 11.1 Å². The van der Waals surface area contributed by atoms with E-state index in [0.29, 0.717) is 37.3 Å². The molecule has 0 spiro atoms. The first-order valence-corrected chi connectivity index (χ1v) is 35.2. The molecule has 20 heteroatoms. The molecule has 0 aliphatic rings.